The molecule has 0 aliphatic carbocycles. The minimum atomic E-state index is -1.09. The van der Waals surface area contributed by atoms with Gasteiger partial charge in [0.15, 0.2) is 11.6 Å². The van der Waals surface area contributed by atoms with Crippen LogP contribution in [0.15, 0.2) is 22.6 Å². The Morgan fingerprint density at radius 1 is 1.35 bits per heavy atom. The lowest BCUT2D eigenvalue weighted by Crippen LogP contribution is -2.06. The van der Waals surface area contributed by atoms with Crippen molar-refractivity contribution in [3.05, 3.63) is 35.3 Å². The van der Waals surface area contributed by atoms with Crippen molar-refractivity contribution in [2.24, 2.45) is 0 Å². The quantitative estimate of drug-likeness (QED) is 0.844. The van der Waals surface area contributed by atoms with Crippen molar-refractivity contribution in [2.45, 2.75) is 13.8 Å². The van der Waals surface area contributed by atoms with Crippen LogP contribution in [0, 0.1) is 13.8 Å². The smallest absolute Gasteiger partial charge is 0.354 e. The van der Waals surface area contributed by atoms with Gasteiger partial charge in [0.2, 0.25) is 5.95 Å². The van der Waals surface area contributed by atoms with Crippen LogP contribution in [-0.4, -0.2) is 21.0 Å². The third kappa shape index (κ3) is 2.60. The molecule has 0 aromatic carbocycles. The second-order valence-electron chi connectivity index (χ2n) is 3.56. The highest BCUT2D eigenvalue weighted by atomic mass is 16.4. The number of anilines is 2. The molecule has 2 N–H and O–H groups in total. The van der Waals surface area contributed by atoms with E-state index in [0.717, 1.165) is 5.76 Å². The first-order valence-electron chi connectivity index (χ1n) is 4.97. The molecule has 6 heteroatoms. The molecule has 0 unspecified atom stereocenters. The van der Waals surface area contributed by atoms with Gasteiger partial charge in [-0.2, -0.15) is 0 Å². The molecule has 0 radical (unpaired) electrons. The molecule has 88 valence electrons. The number of carboxylic acid groups (broad SMARTS) is 1. The first-order valence-corrected chi connectivity index (χ1v) is 4.97. The van der Waals surface area contributed by atoms with Crippen molar-refractivity contribution in [3.8, 4) is 0 Å². The summed E-state index contributed by atoms with van der Waals surface area (Å²) in [5.41, 5.74) is 0.520. The van der Waals surface area contributed by atoms with Gasteiger partial charge < -0.3 is 9.52 Å². The molecule has 2 rings (SSSR count). The number of hydrogen-bond donors (Lipinski definition) is 2. The lowest BCUT2D eigenvalue weighted by atomic mass is 10.3. The van der Waals surface area contributed by atoms with E-state index in [9.17, 15) is 4.79 Å². The van der Waals surface area contributed by atoms with Crippen LogP contribution >= 0.6 is 0 Å². The Kier molecular flexibility index (Phi) is 2.78. The Balaban J connectivity index is 2.29. The van der Waals surface area contributed by atoms with Gasteiger partial charge in [-0.25, -0.2) is 14.8 Å². The van der Waals surface area contributed by atoms with Crippen LogP contribution in [0.4, 0.5) is 11.8 Å². The Morgan fingerprint density at radius 3 is 2.71 bits per heavy atom. The second kappa shape index (κ2) is 4.25. The van der Waals surface area contributed by atoms with Gasteiger partial charge in [0.05, 0.1) is 0 Å². The molecule has 2 heterocycles. The summed E-state index contributed by atoms with van der Waals surface area (Å²) >= 11 is 0. The van der Waals surface area contributed by atoms with Gasteiger partial charge in [-0.1, -0.05) is 0 Å². The van der Waals surface area contributed by atoms with E-state index in [1.54, 1.807) is 19.1 Å². The molecule has 0 atom stereocenters. The van der Waals surface area contributed by atoms with Gasteiger partial charge in [-0.15, -0.1) is 0 Å². The third-order valence-electron chi connectivity index (χ3n) is 2.05. The van der Waals surface area contributed by atoms with E-state index in [1.807, 2.05) is 6.92 Å². The molecule has 2 aromatic rings. The van der Waals surface area contributed by atoms with Crippen molar-refractivity contribution in [3.63, 3.8) is 0 Å². The number of aromatic nitrogens is 2. The Hall–Kier alpha value is -2.37. The largest absolute Gasteiger partial charge is 0.477 e. The predicted octanol–water partition coefficient (Wildman–Crippen LogP) is 2.13. The average Bonchev–Trinajstić information content (AvgIpc) is 2.63. The SMILES string of the molecule is Cc1cc(C(=O)O)nc(Nc2ccc(C)o2)n1. The second-order valence-corrected chi connectivity index (χ2v) is 3.56. The highest BCUT2D eigenvalue weighted by molar-refractivity contribution is 5.85. The summed E-state index contributed by atoms with van der Waals surface area (Å²) in [6.07, 6.45) is 0. The number of furan rings is 1. The van der Waals surface area contributed by atoms with Crippen LogP contribution in [-0.2, 0) is 0 Å². The summed E-state index contributed by atoms with van der Waals surface area (Å²) in [6, 6.07) is 4.92. The van der Waals surface area contributed by atoms with Crippen LogP contribution in [0.2, 0.25) is 0 Å². The molecule has 0 bridgehead atoms. The molecule has 0 saturated carbocycles. The fourth-order valence-electron chi connectivity index (χ4n) is 1.35. The number of carboxylic acids is 1. The summed E-state index contributed by atoms with van der Waals surface area (Å²) in [5, 5.41) is 11.7. The van der Waals surface area contributed by atoms with Gasteiger partial charge in [0.25, 0.3) is 0 Å². The minimum absolute atomic E-state index is 0.0525. The van der Waals surface area contributed by atoms with E-state index >= 15 is 0 Å². The molecule has 0 amide bonds. The lowest BCUT2D eigenvalue weighted by Gasteiger charge is -2.03. The fraction of sp³-hybridized carbons (Fsp3) is 0.182. The third-order valence-corrected chi connectivity index (χ3v) is 2.05. The van der Waals surface area contributed by atoms with Gasteiger partial charge in [-0.3, -0.25) is 5.32 Å². The van der Waals surface area contributed by atoms with E-state index in [2.05, 4.69) is 15.3 Å². The lowest BCUT2D eigenvalue weighted by molar-refractivity contribution is 0.0690. The topological polar surface area (TPSA) is 88.2 Å². The molecule has 2 aromatic heterocycles. The van der Waals surface area contributed by atoms with Crippen molar-refractivity contribution in [2.75, 3.05) is 5.32 Å². The number of rotatable bonds is 3. The zero-order valence-electron chi connectivity index (χ0n) is 9.39. The summed E-state index contributed by atoms with van der Waals surface area (Å²) in [6.45, 7) is 3.51. The molecular formula is C11H11N3O3. The van der Waals surface area contributed by atoms with Crippen LogP contribution in [0.1, 0.15) is 21.9 Å². The normalized spacial score (nSPS) is 10.2. The summed E-state index contributed by atoms with van der Waals surface area (Å²) in [5.74, 6) is 0.342. The molecule has 6 nitrogen and oxygen atoms in total. The number of carbonyl (C=O) groups is 1. The summed E-state index contributed by atoms with van der Waals surface area (Å²) in [7, 11) is 0. The molecule has 17 heavy (non-hydrogen) atoms. The van der Waals surface area contributed by atoms with Crippen LogP contribution in [0.25, 0.3) is 0 Å². The Labute approximate surface area is 97.3 Å². The zero-order chi connectivity index (χ0) is 12.4. The molecule has 0 aliphatic rings. The number of hydrogen-bond acceptors (Lipinski definition) is 5. The van der Waals surface area contributed by atoms with Crippen molar-refractivity contribution < 1.29 is 14.3 Å². The number of aryl methyl sites for hydroxylation is 2. The van der Waals surface area contributed by atoms with Crippen LogP contribution < -0.4 is 5.32 Å². The average molecular weight is 233 g/mol. The summed E-state index contributed by atoms with van der Waals surface area (Å²) in [4.78, 5) is 18.8. The zero-order valence-corrected chi connectivity index (χ0v) is 9.39. The monoisotopic (exact) mass is 233 g/mol. The predicted molar refractivity (Wildman–Crippen MR) is 60.5 cm³/mol. The number of nitrogens with one attached hydrogen (secondary N) is 1. The fourth-order valence-corrected chi connectivity index (χ4v) is 1.35. The molecule has 0 aliphatic heterocycles. The van der Waals surface area contributed by atoms with E-state index in [0.29, 0.717) is 11.6 Å². The molecule has 0 fully saturated rings. The molecule has 0 saturated heterocycles. The van der Waals surface area contributed by atoms with Gasteiger partial charge >= 0.3 is 5.97 Å². The molecular weight excluding hydrogens is 222 g/mol. The maximum absolute atomic E-state index is 10.8. The standard InChI is InChI=1S/C11H11N3O3/c1-6-5-8(10(15)16)13-11(12-6)14-9-4-3-7(2)17-9/h3-5H,1-2H3,(H,15,16)(H,12,13,14). The maximum Gasteiger partial charge on any atom is 0.354 e. The van der Waals surface area contributed by atoms with Gasteiger partial charge in [-0.05, 0) is 26.0 Å². The number of aromatic carboxylic acids is 1. The first kappa shape index (κ1) is 11.1. The van der Waals surface area contributed by atoms with Gasteiger partial charge in [0.1, 0.15) is 5.76 Å². The van der Waals surface area contributed by atoms with E-state index < -0.39 is 5.97 Å². The number of nitrogens with zero attached hydrogens (tertiary/aromatic N) is 2. The van der Waals surface area contributed by atoms with Crippen LogP contribution in [0.3, 0.4) is 0 Å². The van der Waals surface area contributed by atoms with Crippen molar-refractivity contribution in [1.82, 2.24) is 9.97 Å². The van der Waals surface area contributed by atoms with E-state index in [1.165, 1.54) is 6.07 Å². The highest BCUT2D eigenvalue weighted by Crippen LogP contribution is 2.16. The minimum Gasteiger partial charge on any atom is -0.477 e. The van der Waals surface area contributed by atoms with Gasteiger partial charge in [0, 0.05) is 11.8 Å². The Bertz CT molecular complexity index is 563. The van der Waals surface area contributed by atoms with Crippen molar-refractivity contribution >= 4 is 17.8 Å². The molecule has 0 spiro atoms. The maximum atomic E-state index is 10.8. The van der Waals surface area contributed by atoms with Crippen molar-refractivity contribution in [1.29, 1.82) is 0 Å². The Morgan fingerprint density at radius 2 is 2.12 bits per heavy atom. The highest BCUT2D eigenvalue weighted by Gasteiger charge is 2.09. The van der Waals surface area contributed by atoms with E-state index in [4.69, 9.17) is 9.52 Å². The van der Waals surface area contributed by atoms with E-state index in [-0.39, 0.29) is 11.6 Å². The first-order chi connectivity index (χ1) is 8.04. The summed E-state index contributed by atoms with van der Waals surface area (Å²) < 4.78 is 5.29. The van der Waals surface area contributed by atoms with Crippen LogP contribution in [0.5, 0.6) is 0 Å².